The Labute approximate surface area is 196 Å². The number of anilines is 1. The number of rotatable bonds is 5. The second kappa shape index (κ2) is 9.61. The minimum atomic E-state index is -0.105. The molecule has 31 heavy (non-hydrogen) atoms. The van der Waals surface area contributed by atoms with Crippen molar-refractivity contribution in [1.29, 1.82) is 0 Å². The Bertz CT molecular complexity index is 970. The summed E-state index contributed by atoms with van der Waals surface area (Å²) in [5, 5.41) is 5.56. The van der Waals surface area contributed by atoms with Crippen molar-refractivity contribution in [3.05, 3.63) is 75.5 Å². The summed E-state index contributed by atoms with van der Waals surface area (Å²) in [6.07, 6.45) is 3.59. The Morgan fingerprint density at radius 1 is 1.23 bits per heavy atom. The maximum atomic E-state index is 13.2. The van der Waals surface area contributed by atoms with Crippen LogP contribution in [0.2, 0.25) is 5.02 Å². The summed E-state index contributed by atoms with van der Waals surface area (Å²) in [6.45, 7) is 3.04. The van der Waals surface area contributed by atoms with Crippen LogP contribution in [0.3, 0.4) is 0 Å². The molecule has 1 unspecified atom stereocenters. The summed E-state index contributed by atoms with van der Waals surface area (Å²) in [4.78, 5) is 15.7. The molecule has 3 atom stereocenters. The number of benzene rings is 2. The van der Waals surface area contributed by atoms with E-state index in [-0.39, 0.29) is 23.9 Å². The van der Waals surface area contributed by atoms with Crippen molar-refractivity contribution in [3.8, 4) is 0 Å². The van der Waals surface area contributed by atoms with Gasteiger partial charge in [-0.3, -0.25) is 14.7 Å². The third kappa shape index (κ3) is 5.23. The van der Waals surface area contributed by atoms with Gasteiger partial charge in [0.25, 0.3) is 0 Å². The highest BCUT2D eigenvalue weighted by Gasteiger charge is 2.39. The lowest BCUT2D eigenvalue weighted by molar-refractivity contribution is -0.122. The highest BCUT2D eigenvalue weighted by molar-refractivity contribution is 9.10. The van der Waals surface area contributed by atoms with Crippen molar-refractivity contribution < 1.29 is 4.79 Å². The van der Waals surface area contributed by atoms with E-state index in [9.17, 15) is 4.79 Å². The number of nitrogens with one attached hydrogen (secondary N) is 3. The van der Waals surface area contributed by atoms with Crippen molar-refractivity contribution in [2.75, 3.05) is 12.4 Å². The molecule has 2 aromatic rings. The van der Waals surface area contributed by atoms with E-state index in [1.807, 2.05) is 24.2 Å². The fraction of sp³-hybridized carbons (Fsp3) is 0.348. The van der Waals surface area contributed by atoms with Gasteiger partial charge in [0.05, 0.1) is 17.4 Å². The summed E-state index contributed by atoms with van der Waals surface area (Å²) in [5.41, 5.74) is 9.43. The SMILES string of the molecule is C[C@H]1CC(C(=O)Nc2cc(Cl)ccc2Br)C[C@@H](C2=CN(C)NN2)N1Cc1ccccc1. The summed E-state index contributed by atoms with van der Waals surface area (Å²) in [6, 6.07) is 16.2. The van der Waals surface area contributed by atoms with E-state index in [0.717, 1.165) is 29.6 Å². The molecule has 1 saturated heterocycles. The number of halogens is 2. The van der Waals surface area contributed by atoms with Crippen LogP contribution < -0.4 is 16.3 Å². The van der Waals surface area contributed by atoms with Gasteiger partial charge in [-0.25, -0.2) is 0 Å². The third-order valence-electron chi connectivity index (χ3n) is 5.93. The quantitative estimate of drug-likeness (QED) is 0.559. The molecule has 8 heteroatoms. The lowest BCUT2D eigenvalue weighted by atomic mass is 9.84. The molecule has 2 aliphatic heterocycles. The first-order chi connectivity index (χ1) is 14.9. The number of hydrazine groups is 2. The second-order valence-corrected chi connectivity index (χ2v) is 9.53. The van der Waals surface area contributed by atoms with E-state index in [1.54, 1.807) is 12.1 Å². The van der Waals surface area contributed by atoms with Gasteiger partial charge < -0.3 is 10.7 Å². The molecule has 0 aromatic heterocycles. The zero-order valence-corrected chi connectivity index (χ0v) is 20.0. The number of nitrogens with zero attached hydrogens (tertiary/aromatic N) is 2. The van der Waals surface area contributed by atoms with Crippen molar-refractivity contribution in [2.45, 2.75) is 38.4 Å². The maximum Gasteiger partial charge on any atom is 0.227 e. The molecule has 1 fully saturated rings. The normalized spacial score (nSPS) is 23.9. The molecule has 0 bridgehead atoms. The van der Waals surface area contributed by atoms with Gasteiger partial charge in [-0.2, -0.15) is 0 Å². The van der Waals surface area contributed by atoms with Gasteiger partial charge in [-0.15, -0.1) is 5.53 Å². The van der Waals surface area contributed by atoms with Crippen LogP contribution in [-0.2, 0) is 11.3 Å². The molecule has 0 aliphatic carbocycles. The van der Waals surface area contributed by atoms with Crippen molar-refractivity contribution in [3.63, 3.8) is 0 Å². The fourth-order valence-electron chi connectivity index (χ4n) is 4.36. The third-order valence-corrected chi connectivity index (χ3v) is 6.86. The Kier molecular flexibility index (Phi) is 6.86. The molecule has 0 saturated carbocycles. The molecular weight excluding hydrogens is 478 g/mol. The van der Waals surface area contributed by atoms with Crippen LogP contribution in [0.25, 0.3) is 0 Å². The summed E-state index contributed by atoms with van der Waals surface area (Å²) in [7, 11) is 1.95. The van der Waals surface area contributed by atoms with Crippen LogP contribution >= 0.6 is 27.5 Å². The number of carbonyl (C=O) groups is 1. The summed E-state index contributed by atoms with van der Waals surface area (Å²) >= 11 is 9.62. The average molecular weight is 505 g/mol. The van der Waals surface area contributed by atoms with Crippen LogP contribution in [0.15, 0.2) is 64.9 Å². The number of carbonyl (C=O) groups excluding carboxylic acids is 1. The topological polar surface area (TPSA) is 59.6 Å². The van der Waals surface area contributed by atoms with Gasteiger partial charge in [0.2, 0.25) is 5.91 Å². The number of hydrogen-bond donors (Lipinski definition) is 3. The van der Waals surface area contributed by atoms with E-state index in [4.69, 9.17) is 11.6 Å². The first kappa shape index (κ1) is 22.1. The second-order valence-electron chi connectivity index (χ2n) is 8.24. The monoisotopic (exact) mass is 503 g/mol. The Hall–Kier alpha value is -2.06. The Morgan fingerprint density at radius 2 is 2.00 bits per heavy atom. The molecule has 3 N–H and O–H groups in total. The van der Waals surface area contributed by atoms with Crippen LogP contribution in [0.4, 0.5) is 5.69 Å². The van der Waals surface area contributed by atoms with Gasteiger partial charge in [0.15, 0.2) is 0 Å². The van der Waals surface area contributed by atoms with E-state index >= 15 is 0 Å². The lowest BCUT2D eigenvalue weighted by Crippen LogP contribution is -2.52. The van der Waals surface area contributed by atoms with Gasteiger partial charge in [0.1, 0.15) is 0 Å². The Balaban J connectivity index is 1.54. The smallest absolute Gasteiger partial charge is 0.227 e. The summed E-state index contributed by atoms with van der Waals surface area (Å²) < 4.78 is 0.822. The zero-order chi connectivity index (χ0) is 22.0. The van der Waals surface area contributed by atoms with Gasteiger partial charge in [-0.1, -0.05) is 41.9 Å². The summed E-state index contributed by atoms with van der Waals surface area (Å²) in [5.74, 6) is -0.0781. The largest absolute Gasteiger partial charge is 0.325 e. The van der Waals surface area contributed by atoms with E-state index in [2.05, 4.69) is 74.5 Å². The number of amides is 1. The van der Waals surface area contributed by atoms with Gasteiger partial charge >= 0.3 is 0 Å². The van der Waals surface area contributed by atoms with Crippen molar-refractivity contribution >= 4 is 39.1 Å². The van der Waals surface area contributed by atoms with Crippen LogP contribution in [0.1, 0.15) is 25.3 Å². The van der Waals surface area contributed by atoms with Gasteiger partial charge in [0, 0.05) is 41.2 Å². The van der Waals surface area contributed by atoms with Crippen molar-refractivity contribution in [2.24, 2.45) is 5.92 Å². The van der Waals surface area contributed by atoms with Crippen LogP contribution in [0, 0.1) is 5.92 Å². The molecule has 1 amide bonds. The average Bonchev–Trinajstić information content (AvgIpc) is 3.19. The van der Waals surface area contributed by atoms with Gasteiger partial charge in [-0.05, 0) is 59.5 Å². The zero-order valence-electron chi connectivity index (χ0n) is 17.6. The molecular formula is C23H27BrClN5O. The van der Waals surface area contributed by atoms with E-state index in [1.165, 1.54) is 5.56 Å². The fourth-order valence-corrected chi connectivity index (χ4v) is 4.88. The van der Waals surface area contributed by atoms with Crippen LogP contribution in [0.5, 0.6) is 0 Å². The predicted molar refractivity (Wildman–Crippen MR) is 128 cm³/mol. The molecule has 2 heterocycles. The molecule has 2 aromatic carbocycles. The molecule has 0 radical (unpaired) electrons. The van der Waals surface area contributed by atoms with Crippen LogP contribution in [-0.4, -0.2) is 34.9 Å². The lowest BCUT2D eigenvalue weighted by Gasteiger charge is -2.44. The Morgan fingerprint density at radius 3 is 2.71 bits per heavy atom. The minimum absolute atomic E-state index is 0.0269. The highest BCUT2D eigenvalue weighted by Crippen LogP contribution is 2.34. The molecule has 164 valence electrons. The number of piperidine rings is 1. The van der Waals surface area contributed by atoms with Crippen molar-refractivity contribution in [1.82, 2.24) is 20.9 Å². The molecule has 4 rings (SSSR count). The highest BCUT2D eigenvalue weighted by atomic mass is 79.9. The first-order valence-electron chi connectivity index (χ1n) is 10.4. The maximum absolute atomic E-state index is 13.2. The molecule has 6 nitrogen and oxygen atoms in total. The van der Waals surface area contributed by atoms with E-state index in [0.29, 0.717) is 10.7 Å². The molecule has 2 aliphatic rings. The standard InChI is InChI=1S/C23H27BrClN5O/c1-15-10-17(23(31)26-20-12-18(25)8-9-19(20)24)11-22(21-14-29(2)28-27-21)30(15)13-16-6-4-3-5-7-16/h3-9,12,14-15,17,22,27-28H,10-11,13H2,1-2H3,(H,26,31)/t15-,17?,22-/m0/s1. The number of likely N-dealkylation sites (tertiary alicyclic amines) is 1. The minimum Gasteiger partial charge on any atom is -0.325 e. The number of hydrogen-bond acceptors (Lipinski definition) is 5. The molecule has 0 spiro atoms. The predicted octanol–water partition coefficient (Wildman–Crippen LogP) is 4.51. The first-order valence-corrected chi connectivity index (χ1v) is 11.6. The van der Waals surface area contributed by atoms with E-state index < -0.39 is 0 Å².